The standard InChI is InChI=1S/C22H21BrClNO/c1-16-2-4-17(5-3-16)13-25-14-19-8-11-22(21(23)12-19)26-15-18-6-9-20(24)10-7-18/h2-12,25H,13-15H2,1H3. The van der Waals surface area contributed by atoms with E-state index in [0.29, 0.717) is 6.61 Å². The summed E-state index contributed by atoms with van der Waals surface area (Å²) < 4.78 is 6.85. The van der Waals surface area contributed by atoms with Crippen molar-refractivity contribution >= 4 is 27.5 Å². The van der Waals surface area contributed by atoms with Crippen LogP contribution in [0.5, 0.6) is 5.75 Å². The molecule has 1 N–H and O–H groups in total. The number of ether oxygens (including phenoxy) is 1. The van der Waals surface area contributed by atoms with Crippen molar-refractivity contribution < 1.29 is 4.74 Å². The molecular weight excluding hydrogens is 410 g/mol. The predicted molar refractivity (Wildman–Crippen MR) is 112 cm³/mol. The molecule has 0 aliphatic heterocycles. The van der Waals surface area contributed by atoms with Gasteiger partial charge in [0.05, 0.1) is 4.47 Å². The first-order chi connectivity index (χ1) is 12.6. The maximum Gasteiger partial charge on any atom is 0.134 e. The van der Waals surface area contributed by atoms with Crippen LogP contribution < -0.4 is 10.1 Å². The van der Waals surface area contributed by atoms with Crippen molar-refractivity contribution in [2.75, 3.05) is 0 Å². The molecule has 3 aromatic rings. The van der Waals surface area contributed by atoms with Gasteiger partial charge >= 0.3 is 0 Å². The molecule has 0 fully saturated rings. The van der Waals surface area contributed by atoms with E-state index in [0.717, 1.165) is 33.9 Å². The van der Waals surface area contributed by atoms with Crippen LogP contribution in [0.3, 0.4) is 0 Å². The first kappa shape index (κ1) is 19.0. The summed E-state index contributed by atoms with van der Waals surface area (Å²) in [5, 5.41) is 4.21. The lowest BCUT2D eigenvalue weighted by Gasteiger charge is -2.11. The van der Waals surface area contributed by atoms with Gasteiger partial charge in [0.1, 0.15) is 12.4 Å². The van der Waals surface area contributed by atoms with Crippen molar-refractivity contribution in [3.05, 3.63) is 98.5 Å². The number of benzene rings is 3. The van der Waals surface area contributed by atoms with Crippen LogP contribution in [0.15, 0.2) is 71.2 Å². The van der Waals surface area contributed by atoms with Gasteiger partial charge in [0.2, 0.25) is 0 Å². The van der Waals surface area contributed by atoms with Crippen molar-refractivity contribution in [3.63, 3.8) is 0 Å². The zero-order valence-electron chi connectivity index (χ0n) is 14.6. The smallest absolute Gasteiger partial charge is 0.134 e. The molecule has 0 saturated carbocycles. The zero-order chi connectivity index (χ0) is 18.4. The maximum absolute atomic E-state index is 5.90. The first-order valence-electron chi connectivity index (χ1n) is 8.52. The lowest BCUT2D eigenvalue weighted by molar-refractivity contribution is 0.304. The Kier molecular flexibility index (Phi) is 6.73. The normalized spacial score (nSPS) is 10.7. The minimum absolute atomic E-state index is 0.515. The lowest BCUT2D eigenvalue weighted by atomic mass is 10.1. The highest BCUT2D eigenvalue weighted by molar-refractivity contribution is 9.10. The third-order valence-electron chi connectivity index (χ3n) is 4.08. The molecule has 0 aromatic heterocycles. The van der Waals surface area contributed by atoms with E-state index in [4.69, 9.17) is 16.3 Å². The van der Waals surface area contributed by atoms with Crippen LogP contribution in [-0.4, -0.2) is 0 Å². The highest BCUT2D eigenvalue weighted by Crippen LogP contribution is 2.27. The van der Waals surface area contributed by atoms with E-state index in [-0.39, 0.29) is 0 Å². The van der Waals surface area contributed by atoms with Crippen LogP contribution in [0.4, 0.5) is 0 Å². The van der Waals surface area contributed by atoms with Crippen molar-refractivity contribution in [1.29, 1.82) is 0 Å². The summed E-state index contributed by atoms with van der Waals surface area (Å²) in [6.07, 6.45) is 0. The molecule has 3 aromatic carbocycles. The van der Waals surface area contributed by atoms with Gasteiger partial charge in [0, 0.05) is 18.1 Å². The summed E-state index contributed by atoms with van der Waals surface area (Å²) >= 11 is 9.51. The second-order valence-corrected chi connectivity index (χ2v) is 7.56. The number of rotatable bonds is 7. The van der Waals surface area contributed by atoms with Gasteiger partial charge in [-0.2, -0.15) is 0 Å². The molecular formula is C22H21BrClNO. The molecule has 0 saturated heterocycles. The highest BCUT2D eigenvalue weighted by Gasteiger charge is 2.04. The number of nitrogens with one attached hydrogen (secondary N) is 1. The molecule has 0 atom stereocenters. The Labute approximate surface area is 168 Å². The van der Waals surface area contributed by atoms with E-state index in [9.17, 15) is 0 Å². The second kappa shape index (κ2) is 9.22. The molecule has 2 nitrogen and oxygen atoms in total. The SMILES string of the molecule is Cc1ccc(CNCc2ccc(OCc3ccc(Cl)cc3)c(Br)c2)cc1. The minimum Gasteiger partial charge on any atom is -0.488 e. The molecule has 0 heterocycles. The molecule has 0 unspecified atom stereocenters. The van der Waals surface area contributed by atoms with Gasteiger partial charge in [0.15, 0.2) is 0 Å². The molecule has 0 aliphatic rings. The fraction of sp³-hybridized carbons (Fsp3) is 0.182. The number of hydrogen-bond donors (Lipinski definition) is 1. The van der Waals surface area contributed by atoms with Gasteiger partial charge in [-0.25, -0.2) is 0 Å². The monoisotopic (exact) mass is 429 g/mol. The molecule has 26 heavy (non-hydrogen) atoms. The van der Waals surface area contributed by atoms with Crippen molar-refractivity contribution in [2.24, 2.45) is 0 Å². The van der Waals surface area contributed by atoms with Crippen LogP contribution in [0, 0.1) is 6.92 Å². The Morgan fingerprint density at radius 1 is 0.846 bits per heavy atom. The van der Waals surface area contributed by atoms with Crippen LogP contribution in [0.1, 0.15) is 22.3 Å². The number of hydrogen-bond acceptors (Lipinski definition) is 2. The van der Waals surface area contributed by atoms with E-state index in [1.54, 1.807) is 0 Å². The molecule has 3 rings (SSSR count). The van der Waals surface area contributed by atoms with E-state index in [1.807, 2.05) is 30.3 Å². The average molecular weight is 431 g/mol. The summed E-state index contributed by atoms with van der Waals surface area (Å²) in [5.41, 5.74) is 4.87. The van der Waals surface area contributed by atoms with E-state index in [1.165, 1.54) is 16.7 Å². The van der Waals surface area contributed by atoms with Crippen LogP contribution in [-0.2, 0) is 19.7 Å². The van der Waals surface area contributed by atoms with Crippen molar-refractivity contribution in [1.82, 2.24) is 5.32 Å². The Bertz CT molecular complexity index is 847. The van der Waals surface area contributed by atoms with Crippen LogP contribution in [0.2, 0.25) is 5.02 Å². The van der Waals surface area contributed by atoms with Crippen molar-refractivity contribution in [2.45, 2.75) is 26.6 Å². The highest BCUT2D eigenvalue weighted by atomic mass is 79.9. The third-order valence-corrected chi connectivity index (χ3v) is 4.95. The molecule has 0 amide bonds. The van der Waals surface area contributed by atoms with E-state index >= 15 is 0 Å². The summed E-state index contributed by atoms with van der Waals surface area (Å²) in [7, 11) is 0. The van der Waals surface area contributed by atoms with Crippen molar-refractivity contribution in [3.8, 4) is 5.75 Å². The van der Waals surface area contributed by atoms with Gasteiger partial charge < -0.3 is 10.1 Å². The minimum atomic E-state index is 0.515. The lowest BCUT2D eigenvalue weighted by Crippen LogP contribution is -2.12. The Hall–Kier alpha value is -1.81. The summed E-state index contributed by atoms with van der Waals surface area (Å²) in [4.78, 5) is 0. The summed E-state index contributed by atoms with van der Waals surface area (Å²) in [6.45, 7) is 4.28. The second-order valence-electron chi connectivity index (χ2n) is 6.27. The molecule has 0 aliphatic carbocycles. The fourth-order valence-corrected chi connectivity index (χ4v) is 3.24. The van der Waals surface area contributed by atoms with E-state index in [2.05, 4.69) is 64.6 Å². The molecule has 0 bridgehead atoms. The molecule has 134 valence electrons. The van der Waals surface area contributed by atoms with Gasteiger partial charge in [-0.05, 0) is 63.8 Å². The predicted octanol–water partition coefficient (Wildman–Crippen LogP) is 6.28. The quantitative estimate of drug-likeness (QED) is 0.476. The Morgan fingerprint density at radius 2 is 1.46 bits per heavy atom. The van der Waals surface area contributed by atoms with E-state index < -0.39 is 0 Å². The maximum atomic E-state index is 5.90. The zero-order valence-corrected chi connectivity index (χ0v) is 17.0. The molecule has 4 heteroatoms. The fourth-order valence-electron chi connectivity index (χ4n) is 2.57. The topological polar surface area (TPSA) is 21.3 Å². The Morgan fingerprint density at radius 3 is 2.15 bits per heavy atom. The largest absolute Gasteiger partial charge is 0.488 e. The number of halogens is 2. The van der Waals surface area contributed by atoms with Gasteiger partial charge in [-0.3, -0.25) is 0 Å². The Balaban J connectivity index is 1.51. The third kappa shape index (κ3) is 5.60. The van der Waals surface area contributed by atoms with Gasteiger partial charge in [-0.1, -0.05) is 59.6 Å². The molecule has 0 radical (unpaired) electrons. The van der Waals surface area contributed by atoms with Crippen LogP contribution >= 0.6 is 27.5 Å². The molecule has 0 spiro atoms. The van der Waals surface area contributed by atoms with Gasteiger partial charge in [0.25, 0.3) is 0 Å². The van der Waals surface area contributed by atoms with Crippen LogP contribution in [0.25, 0.3) is 0 Å². The van der Waals surface area contributed by atoms with Gasteiger partial charge in [-0.15, -0.1) is 0 Å². The summed E-state index contributed by atoms with van der Waals surface area (Å²) in [6, 6.07) is 22.5. The average Bonchev–Trinajstić information content (AvgIpc) is 2.64. The summed E-state index contributed by atoms with van der Waals surface area (Å²) in [5.74, 6) is 0.835. The first-order valence-corrected chi connectivity index (χ1v) is 9.69. The number of aryl methyl sites for hydroxylation is 1.